The molecule has 0 amide bonds. The first-order chi connectivity index (χ1) is 3.15. The Labute approximate surface area is 98.6 Å². The van der Waals surface area contributed by atoms with Crippen LogP contribution in [0.4, 0.5) is 4.79 Å². The molecular weight excluding hydrogens is 144 g/mol. The quantitative estimate of drug-likeness (QED) is 0.349. The van der Waals surface area contributed by atoms with Crippen LogP contribution in [-0.4, -0.2) is 20.3 Å². The molecule has 0 spiro atoms. The molecule has 0 aromatic rings. The normalized spacial score (nSPS) is 4.67. The Balaban J connectivity index is -0.0000000233. The molecule has 0 aromatic carbocycles. The van der Waals surface area contributed by atoms with Crippen LogP contribution in [0.2, 0.25) is 0 Å². The van der Waals surface area contributed by atoms with Crippen molar-refractivity contribution in [1.82, 2.24) is 5.32 Å². The molecule has 0 unspecified atom stereocenters. The Hall–Kier alpha value is 1.23. The van der Waals surface area contributed by atoms with Gasteiger partial charge >= 0.3 is 59.1 Å². The molecule has 0 fully saturated rings. The van der Waals surface area contributed by atoms with Gasteiger partial charge in [-0.25, -0.2) is 0 Å². The summed E-state index contributed by atoms with van der Waals surface area (Å²) in [6, 6.07) is 0. The van der Waals surface area contributed by atoms with Gasteiger partial charge in [0.05, 0.1) is 0 Å². The van der Waals surface area contributed by atoms with Crippen molar-refractivity contribution < 1.29 is 74.1 Å². The van der Waals surface area contributed by atoms with E-state index in [0.717, 1.165) is 0 Å². The van der Waals surface area contributed by atoms with Crippen LogP contribution in [0.15, 0.2) is 0 Å². The molecule has 6 heteroatoms. The van der Waals surface area contributed by atoms with Gasteiger partial charge in [-0.3, -0.25) is 0 Å². The molecule has 0 atom stereocenters. The Kier molecular flexibility index (Phi) is 57.0. The van der Waals surface area contributed by atoms with Crippen molar-refractivity contribution in [3.05, 3.63) is 0 Å². The van der Waals surface area contributed by atoms with E-state index < -0.39 is 6.16 Å². The molecule has 0 bridgehead atoms. The number of carbonyl (C=O) groups is 1. The first-order valence-corrected chi connectivity index (χ1v) is 1.61. The molecule has 0 radical (unpaired) electrons. The summed E-state index contributed by atoms with van der Waals surface area (Å²) < 4.78 is 0. The van der Waals surface area contributed by atoms with E-state index >= 15 is 0 Å². The van der Waals surface area contributed by atoms with Crippen LogP contribution in [-0.2, 0) is 0 Å². The zero-order valence-electron chi connectivity index (χ0n) is 6.22. The molecule has 0 aliphatic carbocycles. The zero-order chi connectivity index (χ0) is 6.28. The molecular formula is C3H7NNa2O3. The second-order valence-corrected chi connectivity index (χ2v) is 0.750. The minimum absolute atomic E-state index is 0. The van der Waals surface area contributed by atoms with Gasteiger partial charge in [-0.2, -0.15) is 0 Å². The van der Waals surface area contributed by atoms with E-state index in [0.29, 0.717) is 0 Å². The van der Waals surface area contributed by atoms with Crippen molar-refractivity contribution in [1.29, 1.82) is 0 Å². The fourth-order valence-electron chi connectivity index (χ4n) is 0. The average molecular weight is 151 g/mol. The summed E-state index contributed by atoms with van der Waals surface area (Å²) in [6.45, 7) is 0. The van der Waals surface area contributed by atoms with Gasteiger partial charge in [-0.05, 0) is 20.3 Å². The van der Waals surface area contributed by atoms with E-state index in [-0.39, 0.29) is 59.1 Å². The largest absolute Gasteiger partial charge is 1.00 e. The molecule has 0 aromatic heterocycles. The molecule has 0 rings (SSSR count). The van der Waals surface area contributed by atoms with Crippen molar-refractivity contribution in [3.8, 4) is 0 Å². The van der Waals surface area contributed by atoms with E-state index in [9.17, 15) is 0 Å². The van der Waals surface area contributed by atoms with Gasteiger partial charge in [0, 0.05) is 0 Å². The van der Waals surface area contributed by atoms with Gasteiger partial charge in [0.2, 0.25) is 0 Å². The van der Waals surface area contributed by atoms with Crippen LogP contribution < -0.4 is 74.6 Å². The number of nitrogens with one attached hydrogen (secondary N) is 1. The van der Waals surface area contributed by atoms with Gasteiger partial charge in [-0.15, -0.1) is 0 Å². The maximum absolute atomic E-state index is 8.33. The summed E-state index contributed by atoms with van der Waals surface area (Å²) >= 11 is 0. The first kappa shape index (κ1) is 22.5. The maximum Gasteiger partial charge on any atom is 1.00 e. The van der Waals surface area contributed by atoms with Crippen molar-refractivity contribution in [2.45, 2.75) is 0 Å². The summed E-state index contributed by atoms with van der Waals surface area (Å²) in [5, 5.41) is 19.4. The van der Waals surface area contributed by atoms with Crippen molar-refractivity contribution in [3.63, 3.8) is 0 Å². The second kappa shape index (κ2) is 22.9. The molecule has 0 aliphatic rings. The molecule has 0 saturated heterocycles. The zero-order valence-corrected chi connectivity index (χ0v) is 10.2. The van der Waals surface area contributed by atoms with Crippen molar-refractivity contribution in [2.75, 3.05) is 14.1 Å². The molecule has 1 N–H and O–H groups in total. The Morgan fingerprint density at radius 2 is 1.22 bits per heavy atom. The summed E-state index contributed by atoms with van der Waals surface area (Å²) in [5.41, 5.74) is 0. The standard InChI is InChI=1S/C2H7N.CH2O3.2Na/c1-3-2;2-1(3)4;;/h3H,1-2H3;(H2,2,3,4);;/q;;2*+1/p-2. The van der Waals surface area contributed by atoms with Crippen molar-refractivity contribution >= 4 is 6.16 Å². The van der Waals surface area contributed by atoms with Crippen LogP contribution in [0, 0.1) is 0 Å². The van der Waals surface area contributed by atoms with Crippen molar-refractivity contribution in [2.24, 2.45) is 0 Å². The fourth-order valence-corrected chi connectivity index (χ4v) is 0. The van der Waals surface area contributed by atoms with E-state index in [1.165, 1.54) is 0 Å². The number of rotatable bonds is 0. The predicted molar refractivity (Wildman–Crippen MR) is 20.4 cm³/mol. The molecule has 4 nitrogen and oxygen atoms in total. The molecule has 44 valence electrons. The van der Waals surface area contributed by atoms with Gasteiger partial charge in [-0.1, -0.05) is 0 Å². The molecule has 9 heavy (non-hydrogen) atoms. The average Bonchev–Trinajstić information content (AvgIpc) is 1.33. The minimum Gasteiger partial charge on any atom is -0.652 e. The molecule has 0 aliphatic heterocycles. The Bertz CT molecular complexity index is 48.3. The first-order valence-electron chi connectivity index (χ1n) is 1.61. The van der Waals surface area contributed by atoms with Crippen LogP contribution in [0.5, 0.6) is 0 Å². The number of carbonyl (C=O) groups excluding carboxylic acids is 1. The molecule has 0 heterocycles. The summed E-state index contributed by atoms with van der Waals surface area (Å²) in [6.07, 6.45) is -2.33. The Morgan fingerprint density at radius 1 is 1.22 bits per heavy atom. The monoisotopic (exact) mass is 151 g/mol. The third-order valence-corrected chi connectivity index (χ3v) is 0. The van der Waals surface area contributed by atoms with E-state index in [1.807, 2.05) is 14.1 Å². The van der Waals surface area contributed by atoms with Gasteiger partial charge in [0.15, 0.2) is 0 Å². The van der Waals surface area contributed by atoms with Gasteiger partial charge in [0.1, 0.15) is 0 Å². The smallest absolute Gasteiger partial charge is 0.652 e. The topological polar surface area (TPSA) is 75.2 Å². The fraction of sp³-hybridized carbons (Fsp3) is 0.667. The number of carboxylic acid groups (broad SMARTS) is 2. The Morgan fingerprint density at radius 3 is 1.22 bits per heavy atom. The number of hydrogen-bond acceptors (Lipinski definition) is 4. The van der Waals surface area contributed by atoms with Crippen LogP contribution in [0.3, 0.4) is 0 Å². The summed E-state index contributed by atoms with van der Waals surface area (Å²) in [4.78, 5) is 8.33. The van der Waals surface area contributed by atoms with Gasteiger partial charge in [0.25, 0.3) is 0 Å². The van der Waals surface area contributed by atoms with E-state index in [1.54, 1.807) is 0 Å². The van der Waals surface area contributed by atoms with Gasteiger partial charge < -0.3 is 20.3 Å². The van der Waals surface area contributed by atoms with E-state index in [2.05, 4.69) is 5.32 Å². The SMILES string of the molecule is CNC.O=C([O-])[O-].[Na+].[Na+]. The predicted octanol–water partition coefficient (Wildman–Crippen LogP) is -8.60. The molecule has 0 saturated carbocycles. The second-order valence-electron chi connectivity index (χ2n) is 0.750. The summed E-state index contributed by atoms with van der Waals surface area (Å²) in [7, 11) is 3.75. The van der Waals surface area contributed by atoms with Crippen LogP contribution in [0.25, 0.3) is 0 Å². The van der Waals surface area contributed by atoms with Crippen LogP contribution >= 0.6 is 0 Å². The third-order valence-electron chi connectivity index (χ3n) is 0. The third kappa shape index (κ3) is 319. The number of hydrogen-bond donors (Lipinski definition) is 1. The minimum atomic E-state index is -2.33. The summed E-state index contributed by atoms with van der Waals surface area (Å²) in [5.74, 6) is 0. The van der Waals surface area contributed by atoms with Crippen LogP contribution in [0.1, 0.15) is 0 Å². The van der Waals surface area contributed by atoms with E-state index in [4.69, 9.17) is 15.0 Å². The maximum atomic E-state index is 8.33.